The number of hydrogen-bond donors (Lipinski definition) is 0. The largest absolute Gasteiger partial charge is 0.283 e. The van der Waals surface area contributed by atoms with Crippen molar-refractivity contribution in [2.75, 3.05) is 6.54 Å². The molecule has 32 heavy (non-hydrogen) atoms. The third-order valence-corrected chi connectivity index (χ3v) is 8.92. The molecule has 1 aliphatic heterocycles. The fourth-order valence-corrected chi connectivity index (χ4v) is 7.19. The van der Waals surface area contributed by atoms with Gasteiger partial charge in [0, 0.05) is 22.2 Å². The van der Waals surface area contributed by atoms with Gasteiger partial charge in [-0.05, 0) is 88.4 Å². The van der Waals surface area contributed by atoms with Crippen LogP contribution in [0.5, 0.6) is 0 Å². The van der Waals surface area contributed by atoms with Crippen molar-refractivity contribution in [2.45, 2.75) is 37.4 Å². The van der Waals surface area contributed by atoms with Crippen LogP contribution in [0.3, 0.4) is 0 Å². The summed E-state index contributed by atoms with van der Waals surface area (Å²) in [5.74, 6) is 0. The number of halogens is 3. The minimum atomic E-state index is -3.61. The standard InChI is InChI=1S/C24H23F2INO2PS/c1-15-11-22(27)12-16(2)23(15)32(29,30)28-10-9-19-13-18(3-4-20(19)14-28)17-5-7-21(8-6-17)24(25,26)31/h3-8,11-13H,9-10,14,31H2,1-2H3. The summed E-state index contributed by atoms with van der Waals surface area (Å²) >= 11 is 2.20. The van der Waals surface area contributed by atoms with E-state index < -0.39 is 15.7 Å². The smallest absolute Gasteiger partial charge is 0.207 e. The lowest BCUT2D eigenvalue weighted by molar-refractivity contribution is 0.104. The molecule has 3 aromatic rings. The van der Waals surface area contributed by atoms with Gasteiger partial charge in [0.25, 0.3) is 5.66 Å². The van der Waals surface area contributed by atoms with Crippen molar-refractivity contribution in [1.29, 1.82) is 0 Å². The second kappa shape index (κ2) is 8.75. The Morgan fingerprint density at radius 1 is 0.938 bits per heavy atom. The van der Waals surface area contributed by atoms with E-state index in [1.807, 2.05) is 44.2 Å². The van der Waals surface area contributed by atoms with Gasteiger partial charge in [-0.2, -0.15) is 13.1 Å². The Kier molecular flexibility index (Phi) is 6.49. The molecule has 0 saturated heterocycles. The SMILES string of the molecule is Cc1cc(I)cc(C)c1S(=O)(=O)N1CCc2cc(-c3ccc(C(F)(F)P)cc3)ccc2C1. The second-order valence-electron chi connectivity index (χ2n) is 8.14. The van der Waals surface area contributed by atoms with Gasteiger partial charge in [0.1, 0.15) is 0 Å². The zero-order valence-corrected chi connectivity index (χ0v) is 21.8. The van der Waals surface area contributed by atoms with Crippen molar-refractivity contribution in [2.24, 2.45) is 0 Å². The van der Waals surface area contributed by atoms with Crippen LogP contribution in [0.2, 0.25) is 0 Å². The molecule has 4 rings (SSSR count). The van der Waals surface area contributed by atoms with E-state index in [9.17, 15) is 17.2 Å². The molecule has 8 heteroatoms. The summed E-state index contributed by atoms with van der Waals surface area (Å²) < 4.78 is 56.3. The average molecular weight is 585 g/mol. The maximum Gasteiger partial charge on any atom is 0.283 e. The van der Waals surface area contributed by atoms with Gasteiger partial charge < -0.3 is 0 Å². The topological polar surface area (TPSA) is 37.4 Å². The zero-order chi connectivity index (χ0) is 23.3. The molecule has 0 N–H and O–H groups in total. The van der Waals surface area contributed by atoms with Gasteiger partial charge >= 0.3 is 0 Å². The summed E-state index contributed by atoms with van der Waals surface area (Å²) in [6.45, 7) is 4.40. The molecule has 0 radical (unpaired) electrons. The summed E-state index contributed by atoms with van der Waals surface area (Å²) in [5, 5.41) is 0. The van der Waals surface area contributed by atoms with Crippen LogP contribution in [-0.2, 0) is 28.7 Å². The molecule has 1 aliphatic rings. The molecule has 0 saturated carbocycles. The summed E-state index contributed by atoms with van der Waals surface area (Å²) in [6.07, 6.45) is 0.604. The van der Waals surface area contributed by atoms with E-state index in [4.69, 9.17) is 0 Å². The maximum absolute atomic E-state index is 13.4. The lowest BCUT2D eigenvalue weighted by Gasteiger charge is -2.29. The third-order valence-electron chi connectivity index (χ3n) is 5.81. The van der Waals surface area contributed by atoms with Crippen LogP contribution in [0.4, 0.5) is 8.78 Å². The van der Waals surface area contributed by atoms with Crippen molar-refractivity contribution in [3.8, 4) is 11.1 Å². The van der Waals surface area contributed by atoms with E-state index in [1.165, 1.54) is 12.1 Å². The van der Waals surface area contributed by atoms with Gasteiger partial charge in [0.2, 0.25) is 10.0 Å². The van der Waals surface area contributed by atoms with Gasteiger partial charge in [-0.15, -0.1) is 0 Å². The van der Waals surface area contributed by atoms with Gasteiger partial charge in [-0.3, -0.25) is 0 Å². The molecule has 3 nitrogen and oxygen atoms in total. The Morgan fingerprint density at radius 2 is 1.53 bits per heavy atom. The molecular formula is C24H23F2INO2PS. The first kappa shape index (κ1) is 23.7. The quantitative estimate of drug-likeness (QED) is 0.269. The minimum Gasteiger partial charge on any atom is -0.207 e. The molecule has 0 spiro atoms. The highest BCUT2D eigenvalue weighted by Gasteiger charge is 2.31. The predicted molar refractivity (Wildman–Crippen MR) is 135 cm³/mol. The Morgan fingerprint density at radius 3 is 2.12 bits per heavy atom. The van der Waals surface area contributed by atoms with Gasteiger partial charge in [-0.1, -0.05) is 51.7 Å². The monoisotopic (exact) mass is 585 g/mol. The van der Waals surface area contributed by atoms with Crippen LogP contribution < -0.4 is 0 Å². The number of rotatable bonds is 4. The van der Waals surface area contributed by atoms with Crippen molar-refractivity contribution >= 4 is 41.9 Å². The summed E-state index contributed by atoms with van der Waals surface area (Å²) in [7, 11) is -2.06. The van der Waals surface area contributed by atoms with Crippen LogP contribution in [0, 0.1) is 17.4 Å². The maximum atomic E-state index is 13.4. The molecule has 0 aromatic heterocycles. The fraction of sp³-hybridized carbons (Fsp3) is 0.250. The van der Waals surface area contributed by atoms with Crippen molar-refractivity contribution < 1.29 is 17.2 Å². The fourth-order valence-electron chi connectivity index (χ4n) is 4.23. The molecule has 0 bridgehead atoms. The molecular weight excluding hydrogens is 562 g/mol. The van der Waals surface area contributed by atoms with Gasteiger partial charge in [-0.25, -0.2) is 8.42 Å². The number of hydrogen-bond acceptors (Lipinski definition) is 2. The van der Waals surface area contributed by atoms with Crippen LogP contribution in [0.15, 0.2) is 59.5 Å². The van der Waals surface area contributed by atoms with E-state index in [0.717, 1.165) is 37.0 Å². The number of nitrogens with zero attached hydrogens (tertiary/aromatic N) is 1. The van der Waals surface area contributed by atoms with E-state index in [0.29, 0.717) is 24.4 Å². The first-order chi connectivity index (χ1) is 15.0. The molecule has 1 atom stereocenters. The lowest BCUT2D eigenvalue weighted by atomic mass is 9.95. The van der Waals surface area contributed by atoms with Crippen LogP contribution in [-0.4, -0.2) is 19.3 Å². The molecule has 3 aromatic carbocycles. The van der Waals surface area contributed by atoms with Crippen molar-refractivity contribution in [1.82, 2.24) is 4.31 Å². The lowest BCUT2D eigenvalue weighted by Crippen LogP contribution is -2.36. The Hall–Kier alpha value is -1.41. The Labute approximate surface area is 203 Å². The summed E-state index contributed by atoms with van der Waals surface area (Å²) in [5.41, 5.74) is 2.37. The first-order valence-electron chi connectivity index (χ1n) is 10.1. The minimum absolute atomic E-state index is 0.0498. The van der Waals surface area contributed by atoms with Crippen LogP contribution >= 0.6 is 31.8 Å². The van der Waals surface area contributed by atoms with Crippen LogP contribution in [0.25, 0.3) is 11.1 Å². The second-order valence-corrected chi connectivity index (χ2v) is 12.0. The number of fused-ring (bicyclic) bond motifs is 1. The highest BCUT2D eigenvalue weighted by Crippen LogP contribution is 2.36. The molecule has 0 fully saturated rings. The van der Waals surface area contributed by atoms with Crippen LogP contribution in [0.1, 0.15) is 27.8 Å². The van der Waals surface area contributed by atoms with E-state index in [-0.39, 0.29) is 5.56 Å². The highest BCUT2D eigenvalue weighted by atomic mass is 127. The van der Waals surface area contributed by atoms with Crippen molar-refractivity contribution in [3.05, 3.63) is 86.0 Å². The van der Waals surface area contributed by atoms with Gasteiger partial charge in [0.15, 0.2) is 0 Å². The normalized spacial score (nSPS) is 14.9. The number of sulfonamides is 1. The Bertz CT molecular complexity index is 1270. The molecule has 168 valence electrons. The Balaban J connectivity index is 1.61. The number of alkyl halides is 2. The average Bonchev–Trinajstić information content (AvgIpc) is 2.71. The molecule has 0 amide bonds. The summed E-state index contributed by atoms with van der Waals surface area (Å²) in [4.78, 5) is 0.393. The molecule has 1 heterocycles. The zero-order valence-electron chi connectivity index (χ0n) is 17.7. The summed E-state index contributed by atoms with van der Waals surface area (Å²) in [6, 6.07) is 15.9. The van der Waals surface area contributed by atoms with E-state index in [2.05, 4.69) is 22.6 Å². The first-order valence-corrected chi connectivity index (χ1v) is 13.2. The third kappa shape index (κ3) is 4.63. The number of aryl methyl sites for hydroxylation is 2. The highest BCUT2D eigenvalue weighted by molar-refractivity contribution is 14.1. The van der Waals surface area contributed by atoms with Crippen molar-refractivity contribution in [3.63, 3.8) is 0 Å². The van der Waals surface area contributed by atoms with E-state index in [1.54, 1.807) is 25.7 Å². The molecule has 0 aliphatic carbocycles. The van der Waals surface area contributed by atoms with Gasteiger partial charge in [0.05, 0.1) is 4.90 Å². The number of benzene rings is 3. The van der Waals surface area contributed by atoms with E-state index >= 15 is 0 Å². The molecule has 1 unspecified atom stereocenters. The predicted octanol–water partition coefficient (Wildman–Crippen LogP) is 6.25.